The molecule has 0 saturated carbocycles. The zero-order valence-electron chi connectivity index (χ0n) is 9.58. The standard InChI is InChI=1S/C13H14N2O2/c1-17-12-4-2-3-10(7-12)8-13(16)11-5-6-14-15-9-11/h2-7,9,13,16H,8H2,1H3. The van der Waals surface area contributed by atoms with Crippen molar-refractivity contribution < 1.29 is 9.84 Å². The first kappa shape index (κ1) is 11.5. The van der Waals surface area contributed by atoms with Crippen LogP contribution in [0.15, 0.2) is 42.7 Å². The molecule has 88 valence electrons. The highest BCUT2D eigenvalue weighted by Gasteiger charge is 2.09. The lowest BCUT2D eigenvalue weighted by atomic mass is 10.0. The molecule has 0 fully saturated rings. The van der Waals surface area contributed by atoms with E-state index in [1.54, 1.807) is 25.6 Å². The monoisotopic (exact) mass is 230 g/mol. The molecule has 1 aromatic carbocycles. The molecule has 1 N–H and O–H groups in total. The number of benzene rings is 1. The first-order valence-electron chi connectivity index (χ1n) is 5.37. The van der Waals surface area contributed by atoms with Crippen LogP contribution < -0.4 is 4.74 Å². The van der Waals surface area contributed by atoms with Gasteiger partial charge in [-0.1, -0.05) is 12.1 Å². The number of ether oxygens (including phenoxy) is 1. The predicted molar refractivity (Wildman–Crippen MR) is 63.7 cm³/mol. The van der Waals surface area contributed by atoms with Crippen molar-refractivity contribution in [2.45, 2.75) is 12.5 Å². The molecule has 0 aliphatic heterocycles. The number of rotatable bonds is 4. The predicted octanol–water partition coefficient (Wildman–Crippen LogP) is 1.76. The smallest absolute Gasteiger partial charge is 0.119 e. The quantitative estimate of drug-likeness (QED) is 0.869. The van der Waals surface area contributed by atoms with Crippen LogP contribution in [-0.2, 0) is 6.42 Å². The van der Waals surface area contributed by atoms with Crippen LogP contribution in [0.2, 0.25) is 0 Å². The van der Waals surface area contributed by atoms with E-state index in [2.05, 4.69) is 10.2 Å². The maximum Gasteiger partial charge on any atom is 0.119 e. The van der Waals surface area contributed by atoms with Gasteiger partial charge in [0.2, 0.25) is 0 Å². The van der Waals surface area contributed by atoms with Crippen LogP contribution in [-0.4, -0.2) is 22.4 Å². The van der Waals surface area contributed by atoms with Gasteiger partial charge in [0.15, 0.2) is 0 Å². The van der Waals surface area contributed by atoms with Gasteiger partial charge in [0.1, 0.15) is 5.75 Å². The van der Waals surface area contributed by atoms with E-state index in [1.807, 2.05) is 24.3 Å². The number of aliphatic hydroxyl groups excluding tert-OH is 1. The molecular formula is C13H14N2O2. The van der Waals surface area contributed by atoms with Crippen molar-refractivity contribution in [1.82, 2.24) is 10.2 Å². The molecule has 0 saturated heterocycles. The number of aromatic nitrogens is 2. The van der Waals surface area contributed by atoms with Gasteiger partial charge < -0.3 is 9.84 Å². The maximum absolute atomic E-state index is 10.0. The molecule has 1 aromatic heterocycles. The van der Waals surface area contributed by atoms with E-state index in [0.717, 1.165) is 16.9 Å². The molecule has 0 aliphatic carbocycles. The molecule has 0 bridgehead atoms. The lowest BCUT2D eigenvalue weighted by molar-refractivity contribution is 0.177. The number of methoxy groups -OCH3 is 1. The van der Waals surface area contributed by atoms with Crippen molar-refractivity contribution in [1.29, 1.82) is 0 Å². The van der Waals surface area contributed by atoms with Crippen molar-refractivity contribution in [3.63, 3.8) is 0 Å². The van der Waals surface area contributed by atoms with Crippen LogP contribution in [0.5, 0.6) is 5.75 Å². The van der Waals surface area contributed by atoms with E-state index in [-0.39, 0.29) is 0 Å². The van der Waals surface area contributed by atoms with Crippen LogP contribution in [0.25, 0.3) is 0 Å². The highest BCUT2D eigenvalue weighted by Crippen LogP contribution is 2.20. The second-order valence-corrected chi connectivity index (χ2v) is 3.75. The molecule has 4 heteroatoms. The van der Waals surface area contributed by atoms with Gasteiger partial charge in [0.05, 0.1) is 19.4 Å². The van der Waals surface area contributed by atoms with E-state index in [4.69, 9.17) is 4.74 Å². The molecule has 0 radical (unpaired) electrons. The van der Waals surface area contributed by atoms with Gasteiger partial charge in [-0.3, -0.25) is 0 Å². The highest BCUT2D eigenvalue weighted by molar-refractivity contribution is 5.29. The van der Waals surface area contributed by atoms with Crippen LogP contribution >= 0.6 is 0 Å². The second-order valence-electron chi connectivity index (χ2n) is 3.75. The fraction of sp³-hybridized carbons (Fsp3) is 0.231. The fourth-order valence-corrected chi connectivity index (χ4v) is 1.64. The Balaban J connectivity index is 2.10. The topological polar surface area (TPSA) is 55.2 Å². The summed E-state index contributed by atoms with van der Waals surface area (Å²) in [6.45, 7) is 0. The molecule has 4 nitrogen and oxygen atoms in total. The van der Waals surface area contributed by atoms with Crippen molar-refractivity contribution in [2.75, 3.05) is 7.11 Å². The summed E-state index contributed by atoms with van der Waals surface area (Å²) >= 11 is 0. The lowest BCUT2D eigenvalue weighted by Gasteiger charge is -2.10. The summed E-state index contributed by atoms with van der Waals surface area (Å²) in [6, 6.07) is 9.42. The minimum absolute atomic E-state index is 0.531. The van der Waals surface area contributed by atoms with Gasteiger partial charge >= 0.3 is 0 Å². The maximum atomic E-state index is 10.0. The fourth-order valence-electron chi connectivity index (χ4n) is 1.64. The van der Waals surface area contributed by atoms with Gasteiger partial charge in [-0.15, -0.1) is 0 Å². The van der Waals surface area contributed by atoms with Crippen molar-refractivity contribution in [2.24, 2.45) is 0 Å². The Kier molecular flexibility index (Phi) is 3.67. The molecule has 17 heavy (non-hydrogen) atoms. The first-order valence-corrected chi connectivity index (χ1v) is 5.37. The third-order valence-corrected chi connectivity index (χ3v) is 2.56. The van der Waals surface area contributed by atoms with Gasteiger partial charge in [0, 0.05) is 18.2 Å². The van der Waals surface area contributed by atoms with E-state index < -0.39 is 6.10 Å². The summed E-state index contributed by atoms with van der Waals surface area (Å²) in [4.78, 5) is 0. The average Bonchev–Trinajstić information content (AvgIpc) is 2.40. The Morgan fingerprint density at radius 2 is 2.18 bits per heavy atom. The van der Waals surface area contributed by atoms with Crippen molar-refractivity contribution >= 4 is 0 Å². The first-order chi connectivity index (χ1) is 8.29. The minimum Gasteiger partial charge on any atom is -0.497 e. The number of hydrogen-bond donors (Lipinski definition) is 1. The third-order valence-electron chi connectivity index (χ3n) is 2.56. The number of nitrogens with zero attached hydrogens (tertiary/aromatic N) is 2. The summed E-state index contributed by atoms with van der Waals surface area (Å²) < 4.78 is 5.14. The lowest BCUT2D eigenvalue weighted by Crippen LogP contribution is -2.02. The Morgan fingerprint density at radius 3 is 2.88 bits per heavy atom. The van der Waals surface area contributed by atoms with E-state index in [1.165, 1.54) is 0 Å². The summed E-state index contributed by atoms with van der Waals surface area (Å²) in [5, 5.41) is 17.5. The number of aliphatic hydroxyl groups is 1. The normalized spacial score (nSPS) is 12.1. The SMILES string of the molecule is COc1cccc(CC(O)c2ccnnc2)c1. The summed E-state index contributed by atoms with van der Waals surface area (Å²) in [6.07, 6.45) is 3.11. The van der Waals surface area contributed by atoms with E-state index >= 15 is 0 Å². The minimum atomic E-state index is -0.572. The largest absolute Gasteiger partial charge is 0.497 e. The Bertz CT molecular complexity index is 474. The molecule has 2 aromatic rings. The molecule has 0 spiro atoms. The van der Waals surface area contributed by atoms with Crippen LogP contribution in [0, 0.1) is 0 Å². The Hall–Kier alpha value is -1.94. The Labute approximate surface area is 99.9 Å². The second kappa shape index (κ2) is 5.41. The van der Waals surface area contributed by atoms with Crippen LogP contribution in [0.4, 0.5) is 0 Å². The van der Waals surface area contributed by atoms with Crippen LogP contribution in [0.1, 0.15) is 17.2 Å². The van der Waals surface area contributed by atoms with E-state index in [9.17, 15) is 5.11 Å². The van der Waals surface area contributed by atoms with Crippen molar-refractivity contribution in [3.05, 3.63) is 53.9 Å². The van der Waals surface area contributed by atoms with Gasteiger partial charge in [-0.05, 0) is 23.8 Å². The van der Waals surface area contributed by atoms with Gasteiger partial charge in [0.25, 0.3) is 0 Å². The zero-order chi connectivity index (χ0) is 12.1. The highest BCUT2D eigenvalue weighted by atomic mass is 16.5. The summed E-state index contributed by atoms with van der Waals surface area (Å²) in [5.41, 5.74) is 1.79. The molecule has 1 heterocycles. The van der Waals surface area contributed by atoms with Crippen molar-refractivity contribution in [3.8, 4) is 5.75 Å². The molecule has 1 atom stereocenters. The van der Waals surface area contributed by atoms with Gasteiger partial charge in [-0.25, -0.2) is 0 Å². The summed E-state index contributed by atoms with van der Waals surface area (Å²) in [5.74, 6) is 0.794. The molecule has 0 amide bonds. The molecule has 0 aliphatic rings. The zero-order valence-corrected chi connectivity index (χ0v) is 9.58. The third kappa shape index (κ3) is 3.01. The molecule has 2 rings (SSSR count). The van der Waals surface area contributed by atoms with E-state index in [0.29, 0.717) is 6.42 Å². The average molecular weight is 230 g/mol. The molecule has 1 unspecified atom stereocenters. The number of hydrogen-bond acceptors (Lipinski definition) is 4. The summed E-state index contributed by atoms with van der Waals surface area (Å²) in [7, 11) is 1.63. The van der Waals surface area contributed by atoms with Crippen LogP contribution in [0.3, 0.4) is 0 Å². The van der Waals surface area contributed by atoms with Gasteiger partial charge in [-0.2, -0.15) is 10.2 Å². The molecular weight excluding hydrogens is 216 g/mol. The Morgan fingerprint density at radius 1 is 1.29 bits per heavy atom.